The van der Waals surface area contributed by atoms with Gasteiger partial charge in [-0.15, -0.1) is 0 Å². The van der Waals surface area contributed by atoms with Crippen LogP contribution in [0.15, 0.2) is 144 Å². The van der Waals surface area contributed by atoms with E-state index in [0.717, 1.165) is 23.0 Å². The molecule has 2 nitrogen and oxygen atoms in total. The van der Waals surface area contributed by atoms with E-state index in [0.29, 0.717) is 11.8 Å². The Labute approximate surface area is 391 Å². The SMILES string of the molecule is CC1(C)c2ccccc2-c2ccc(N(c3ccc(-c4ccc5oc6c(C7CCCCC7)cc(C7CCCCC7)cc6c5c4)cc3)c3ccc4c(c3)C3(CC5CCC3C5)c3ccccc3-4)cc21. The number of anilines is 3. The van der Waals surface area contributed by atoms with Gasteiger partial charge < -0.3 is 9.32 Å². The van der Waals surface area contributed by atoms with Crippen molar-refractivity contribution in [2.45, 2.75) is 126 Å². The molecule has 0 saturated heterocycles. The summed E-state index contributed by atoms with van der Waals surface area (Å²) >= 11 is 0. The summed E-state index contributed by atoms with van der Waals surface area (Å²) in [4.78, 5) is 2.56. The highest BCUT2D eigenvalue weighted by atomic mass is 16.3. The first-order valence-corrected chi connectivity index (χ1v) is 25.8. The minimum atomic E-state index is -0.0889. The normalized spacial score (nSPS) is 22.8. The lowest BCUT2D eigenvalue weighted by molar-refractivity contribution is 0.327. The Morgan fingerprint density at radius 1 is 0.485 bits per heavy atom. The van der Waals surface area contributed by atoms with Gasteiger partial charge >= 0.3 is 0 Å². The summed E-state index contributed by atoms with van der Waals surface area (Å²) in [6, 6.07) is 54.7. The van der Waals surface area contributed by atoms with Crippen LogP contribution in [-0.4, -0.2) is 0 Å². The van der Waals surface area contributed by atoms with Crippen LogP contribution >= 0.6 is 0 Å². The summed E-state index contributed by atoms with van der Waals surface area (Å²) in [5.74, 6) is 2.82. The van der Waals surface area contributed by atoms with Gasteiger partial charge in [0.05, 0.1) is 0 Å². The van der Waals surface area contributed by atoms with Crippen molar-refractivity contribution in [3.8, 4) is 33.4 Å². The second kappa shape index (κ2) is 14.8. The van der Waals surface area contributed by atoms with Crippen LogP contribution in [0.1, 0.15) is 149 Å². The fourth-order valence-electron chi connectivity index (χ4n) is 15.1. The van der Waals surface area contributed by atoms with Gasteiger partial charge in [-0.2, -0.15) is 0 Å². The van der Waals surface area contributed by atoms with E-state index < -0.39 is 0 Å². The number of hydrogen-bond acceptors (Lipinski definition) is 2. The molecule has 8 aromatic rings. The monoisotopic (exact) mass is 859 g/mol. The molecule has 14 rings (SSSR count). The van der Waals surface area contributed by atoms with Gasteiger partial charge in [0.2, 0.25) is 0 Å². The fourth-order valence-corrected chi connectivity index (χ4v) is 15.1. The van der Waals surface area contributed by atoms with E-state index in [1.807, 2.05) is 0 Å². The molecule has 2 heteroatoms. The van der Waals surface area contributed by atoms with Gasteiger partial charge in [-0.05, 0) is 190 Å². The van der Waals surface area contributed by atoms with Crippen LogP contribution in [0.4, 0.5) is 17.1 Å². The number of fused-ring (bicyclic) bond motifs is 14. The Morgan fingerprint density at radius 2 is 1.11 bits per heavy atom. The third kappa shape index (κ3) is 5.79. The van der Waals surface area contributed by atoms with Crippen LogP contribution in [0.2, 0.25) is 0 Å². The van der Waals surface area contributed by atoms with E-state index in [2.05, 4.69) is 158 Å². The zero-order valence-electron chi connectivity index (χ0n) is 38.8. The maximum Gasteiger partial charge on any atom is 0.138 e. The highest BCUT2D eigenvalue weighted by Gasteiger charge is 2.56. The first-order valence-electron chi connectivity index (χ1n) is 25.8. The second-order valence-electron chi connectivity index (χ2n) is 22.1. The Morgan fingerprint density at radius 3 is 1.82 bits per heavy atom. The van der Waals surface area contributed by atoms with Gasteiger partial charge in [-0.1, -0.05) is 144 Å². The zero-order chi connectivity index (χ0) is 43.7. The van der Waals surface area contributed by atoms with Gasteiger partial charge in [0.1, 0.15) is 11.2 Å². The Bertz CT molecular complexity index is 3230. The minimum absolute atomic E-state index is 0.0889. The number of benzene rings is 7. The molecular formula is C64H61NO. The number of nitrogens with zero attached hydrogens (tertiary/aromatic N) is 1. The van der Waals surface area contributed by atoms with Crippen molar-refractivity contribution < 1.29 is 4.42 Å². The van der Waals surface area contributed by atoms with Gasteiger partial charge in [-0.25, -0.2) is 0 Å². The van der Waals surface area contributed by atoms with Gasteiger partial charge in [0.15, 0.2) is 0 Å². The van der Waals surface area contributed by atoms with Gasteiger partial charge in [0.25, 0.3) is 0 Å². The lowest BCUT2D eigenvalue weighted by atomic mass is 9.67. The second-order valence-corrected chi connectivity index (χ2v) is 22.1. The highest BCUT2D eigenvalue weighted by molar-refractivity contribution is 6.08. The minimum Gasteiger partial charge on any atom is -0.456 e. The number of rotatable bonds is 6. The lowest BCUT2D eigenvalue weighted by Gasteiger charge is -2.37. The van der Waals surface area contributed by atoms with Crippen LogP contribution in [0.5, 0.6) is 0 Å². The van der Waals surface area contributed by atoms with E-state index >= 15 is 0 Å². The molecule has 7 aromatic carbocycles. The summed E-state index contributed by atoms with van der Waals surface area (Å²) in [6.45, 7) is 4.81. The first kappa shape index (κ1) is 39.3. The standard InChI is InChI=1S/C64H61NO/c1-63(2)57-19-11-9-17-50(57)52-30-28-48(37-59(52)63)65(49-29-31-53-51-18-10-12-20-58(51)64(60(53)38-49)39-40-21-25-46(64)33-40)47-26-22-42(23-27-47)44-24-32-61-55(34-44)56-36-45(41-13-5-3-6-14-41)35-54(62(56)66-61)43-15-7-4-8-16-43/h9-12,17-20,22-24,26-32,34-38,40-41,43,46H,3-8,13-16,21,25,33,39H2,1-2H3. The molecule has 6 aliphatic carbocycles. The van der Waals surface area contributed by atoms with Crippen molar-refractivity contribution in [2.24, 2.45) is 11.8 Å². The summed E-state index contributed by atoms with van der Waals surface area (Å²) in [6.07, 6.45) is 18.7. The predicted octanol–water partition coefficient (Wildman–Crippen LogP) is 18.2. The quantitative estimate of drug-likeness (QED) is 0.166. The third-order valence-electron chi connectivity index (χ3n) is 18.3. The van der Waals surface area contributed by atoms with Crippen molar-refractivity contribution in [2.75, 3.05) is 4.90 Å². The van der Waals surface area contributed by atoms with Crippen LogP contribution < -0.4 is 4.90 Å². The number of furan rings is 1. The molecule has 3 atom stereocenters. The smallest absolute Gasteiger partial charge is 0.138 e. The van der Waals surface area contributed by atoms with Crippen molar-refractivity contribution in [3.63, 3.8) is 0 Å². The molecule has 0 N–H and O–H groups in total. The van der Waals surface area contributed by atoms with E-state index in [-0.39, 0.29) is 10.8 Å². The first-order chi connectivity index (χ1) is 32.4. The molecule has 1 aromatic heterocycles. The van der Waals surface area contributed by atoms with Crippen molar-refractivity contribution in [3.05, 3.63) is 173 Å². The average molecular weight is 860 g/mol. The molecule has 0 amide bonds. The third-order valence-corrected chi connectivity index (χ3v) is 18.3. The van der Waals surface area contributed by atoms with Crippen molar-refractivity contribution in [1.29, 1.82) is 0 Å². The average Bonchev–Trinajstić information content (AvgIpc) is 4.19. The zero-order valence-corrected chi connectivity index (χ0v) is 38.8. The Kier molecular flexibility index (Phi) is 8.83. The van der Waals surface area contributed by atoms with Crippen LogP contribution in [-0.2, 0) is 10.8 Å². The van der Waals surface area contributed by atoms with Crippen molar-refractivity contribution >= 4 is 39.0 Å². The van der Waals surface area contributed by atoms with Gasteiger partial charge in [-0.3, -0.25) is 0 Å². The largest absolute Gasteiger partial charge is 0.456 e. The highest BCUT2D eigenvalue weighted by Crippen LogP contribution is 2.66. The summed E-state index contributed by atoms with van der Waals surface area (Å²) < 4.78 is 6.88. The van der Waals surface area contributed by atoms with Crippen LogP contribution in [0.25, 0.3) is 55.3 Å². The fraction of sp³-hybridized carbons (Fsp3) is 0.344. The maximum absolute atomic E-state index is 6.88. The molecule has 0 radical (unpaired) electrons. The Balaban J connectivity index is 0.889. The molecule has 328 valence electrons. The molecule has 1 heterocycles. The summed E-state index contributed by atoms with van der Waals surface area (Å²) in [7, 11) is 0. The molecular weight excluding hydrogens is 799 g/mol. The van der Waals surface area contributed by atoms with E-state index in [1.165, 1.54) is 168 Å². The van der Waals surface area contributed by atoms with Crippen LogP contribution in [0, 0.1) is 11.8 Å². The molecule has 0 aliphatic heterocycles. The van der Waals surface area contributed by atoms with E-state index in [4.69, 9.17) is 4.42 Å². The van der Waals surface area contributed by atoms with Crippen molar-refractivity contribution in [1.82, 2.24) is 0 Å². The Hall–Kier alpha value is -5.86. The van der Waals surface area contributed by atoms with Crippen LogP contribution in [0.3, 0.4) is 0 Å². The molecule has 4 fully saturated rings. The molecule has 4 saturated carbocycles. The van der Waals surface area contributed by atoms with Gasteiger partial charge in [0, 0.05) is 38.7 Å². The summed E-state index contributed by atoms with van der Waals surface area (Å²) in [5, 5.41) is 2.59. The number of hydrogen-bond donors (Lipinski definition) is 0. The molecule has 3 unspecified atom stereocenters. The molecule has 6 aliphatic rings. The summed E-state index contributed by atoms with van der Waals surface area (Å²) in [5.41, 5.74) is 22.9. The predicted molar refractivity (Wildman–Crippen MR) is 275 cm³/mol. The lowest BCUT2D eigenvalue weighted by Crippen LogP contribution is -2.32. The molecule has 1 spiro atoms. The maximum atomic E-state index is 6.88. The topological polar surface area (TPSA) is 16.4 Å². The molecule has 2 bridgehead atoms. The van der Waals surface area contributed by atoms with E-state index in [9.17, 15) is 0 Å². The van der Waals surface area contributed by atoms with E-state index in [1.54, 1.807) is 16.7 Å². The molecule has 66 heavy (non-hydrogen) atoms.